The Balaban J connectivity index is 1.93. The van der Waals surface area contributed by atoms with Crippen LogP contribution < -0.4 is 10.6 Å². The molecule has 0 radical (unpaired) electrons. The number of anilines is 1. The SMILES string of the molecule is CC1CCN(c2nc3c(Br)cccn3n2)CC1N. The van der Waals surface area contributed by atoms with Gasteiger partial charge in [0.15, 0.2) is 5.65 Å². The molecular weight excluding hydrogens is 294 g/mol. The fourth-order valence-electron chi connectivity index (χ4n) is 2.28. The smallest absolute Gasteiger partial charge is 0.245 e. The van der Waals surface area contributed by atoms with Crippen molar-refractivity contribution in [2.45, 2.75) is 19.4 Å². The number of aromatic nitrogens is 3. The third-order valence-corrected chi connectivity index (χ3v) is 4.22. The highest BCUT2D eigenvalue weighted by molar-refractivity contribution is 9.10. The van der Waals surface area contributed by atoms with Crippen LogP contribution in [0.2, 0.25) is 0 Å². The first-order chi connectivity index (χ1) is 8.65. The van der Waals surface area contributed by atoms with E-state index >= 15 is 0 Å². The van der Waals surface area contributed by atoms with Gasteiger partial charge in [-0.25, -0.2) is 4.52 Å². The first-order valence-corrected chi connectivity index (χ1v) is 6.96. The van der Waals surface area contributed by atoms with Crippen molar-refractivity contribution in [3.63, 3.8) is 0 Å². The minimum atomic E-state index is 0.203. The van der Waals surface area contributed by atoms with E-state index in [9.17, 15) is 0 Å². The molecule has 1 fully saturated rings. The van der Waals surface area contributed by atoms with Crippen LogP contribution in [0.25, 0.3) is 5.65 Å². The Morgan fingerprint density at radius 2 is 2.33 bits per heavy atom. The minimum Gasteiger partial charge on any atom is -0.338 e. The molecule has 0 saturated carbocycles. The summed E-state index contributed by atoms with van der Waals surface area (Å²) in [7, 11) is 0. The predicted octanol–water partition coefficient (Wildman–Crippen LogP) is 1.67. The van der Waals surface area contributed by atoms with Gasteiger partial charge in [0, 0.05) is 25.3 Å². The summed E-state index contributed by atoms with van der Waals surface area (Å²) in [6.45, 7) is 4.01. The molecule has 1 aliphatic heterocycles. The van der Waals surface area contributed by atoms with Gasteiger partial charge >= 0.3 is 0 Å². The molecule has 0 aliphatic carbocycles. The average Bonchev–Trinajstić information content (AvgIpc) is 2.78. The van der Waals surface area contributed by atoms with Gasteiger partial charge in [0.25, 0.3) is 0 Å². The lowest BCUT2D eigenvalue weighted by Crippen LogP contribution is -2.48. The maximum absolute atomic E-state index is 6.12. The molecular formula is C12H16BrN5. The molecule has 2 N–H and O–H groups in total. The lowest BCUT2D eigenvalue weighted by Gasteiger charge is -2.34. The van der Waals surface area contributed by atoms with Crippen LogP contribution >= 0.6 is 15.9 Å². The summed E-state index contributed by atoms with van der Waals surface area (Å²) in [4.78, 5) is 6.74. The molecule has 2 unspecified atom stereocenters. The van der Waals surface area contributed by atoms with Crippen molar-refractivity contribution >= 4 is 27.5 Å². The zero-order chi connectivity index (χ0) is 12.7. The zero-order valence-corrected chi connectivity index (χ0v) is 11.8. The van der Waals surface area contributed by atoms with Crippen LogP contribution in [-0.4, -0.2) is 33.7 Å². The monoisotopic (exact) mass is 309 g/mol. The van der Waals surface area contributed by atoms with E-state index in [-0.39, 0.29) is 6.04 Å². The Kier molecular flexibility index (Phi) is 2.99. The number of piperidine rings is 1. The van der Waals surface area contributed by atoms with Crippen LogP contribution in [0.4, 0.5) is 5.95 Å². The van der Waals surface area contributed by atoms with Gasteiger partial charge < -0.3 is 10.6 Å². The third kappa shape index (κ3) is 1.99. The fourth-order valence-corrected chi connectivity index (χ4v) is 2.70. The van der Waals surface area contributed by atoms with E-state index in [0.29, 0.717) is 5.92 Å². The predicted molar refractivity (Wildman–Crippen MR) is 74.7 cm³/mol. The van der Waals surface area contributed by atoms with Crippen LogP contribution in [-0.2, 0) is 0 Å². The quantitative estimate of drug-likeness (QED) is 0.870. The molecule has 0 bridgehead atoms. The van der Waals surface area contributed by atoms with Gasteiger partial charge in [-0.3, -0.25) is 0 Å². The molecule has 1 aliphatic rings. The fraction of sp³-hybridized carbons (Fsp3) is 0.500. The molecule has 96 valence electrons. The number of rotatable bonds is 1. The molecule has 5 nitrogen and oxygen atoms in total. The first kappa shape index (κ1) is 11.9. The second kappa shape index (κ2) is 4.51. The average molecular weight is 310 g/mol. The van der Waals surface area contributed by atoms with E-state index in [4.69, 9.17) is 5.73 Å². The summed E-state index contributed by atoms with van der Waals surface area (Å²) < 4.78 is 2.75. The highest BCUT2D eigenvalue weighted by Gasteiger charge is 2.25. The Hall–Kier alpha value is -1.14. The number of fused-ring (bicyclic) bond motifs is 1. The number of hydrogen-bond donors (Lipinski definition) is 1. The molecule has 0 aromatic carbocycles. The van der Waals surface area contributed by atoms with Crippen LogP contribution in [0.3, 0.4) is 0 Å². The van der Waals surface area contributed by atoms with Crippen molar-refractivity contribution in [1.29, 1.82) is 0 Å². The topological polar surface area (TPSA) is 59.5 Å². The molecule has 0 spiro atoms. The van der Waals surface area contributed by atoms with Crippen LogP contribution in [0, 0.1) is 5.92 Å². The van der Waals surface area contributed by atoms with Crippen molar-refractivity contribution in [3.8, 4) is 0 Å². The summed E-state index contributed by atoms with van der Waals surface area (Å²) in [5.41, 5.74) is 6.96. The molecule has 3 rings (SSSR count). The second-order valence-corrected chi connectivity index (χ2v) is 5.77. The summed E-state index contributed by atoms with van der Waals surface area (Å²) in [5, 5.41) is 4.50. The standard InChI is InChI=1S/C12H16BrN5/c1-8-4-6-17(7-10(8)14)12-15-11-9(13)3-2-5-18(11)16-12/h2-3,5,8,10H,4,6-7,14H2,1H3. The normalized spacial score (nSPS) is 24.7. The number of pyridine rings is 1. The summed E-state index contributed by atoms with van der Waals surface area (Å²) >= 11 is 3.49. The van der Waals surface area contributed by atoms with Gasteiger partial charge in [-0.15, -0.1) is 5.10 Å². The van der Waals surface area contributed by atoms with Crippen molar-refractivity contribution in [1.82, 2.24) is 14.6 Å². The van der Waals surface area contributed by atoms with Crippen molar-refractivity contribution in [2.24, 2.45) is 11.7 Å². The maximum atomic E-state index is 6.12. The number of nitrogens with two attached hydrogens (primary N) is 1. The summed E-state index contributed by atoms with van der Waals surface area (Å²) in [6, 6.07) is 4.12. The summed E-state index contributed by atoms with van der Waals surface area (Å²) in [6.07, 6.45) is 3.00. The molecule has 3 heterocycles. The van der Waals surface area contributed by atoms with Crippen LogP contribution in [0.1, 0.15) is 13.3 Å². The van der Waals surface area contributed by atoms with Gasteiger partial charge in [0.05, 0.1) is 4.47 Å². The van der Waals surface area contributed by atoms with E-state index in [1.165, 1.54) is 0 Å². The van der Waals surface area contributed by atoms with Crippen molar-refractivity contribution in [3.05, 3.63) is 22.8 Å². The van der Waals surface area contributed by atoms with Gasteiger partial charge in [-0.2, -0.15) is 4.98 Å². The molecule has 18 heavy (non-hydrogen) atoms. The molecule has 0 amide bonds. The van der Waals surface area contributed by atoms with Crippen molar-refractivity contribution in [2.75, 3.05) is 18.0 Å². The van der Waals surface area contributed by atoms with Gasteiger partial charge in [0.1, 0.15) is 0 Å². The highest BCUT2D eigenvalue weighted by Crippen LogP contribution is 2.22. The molecule has 2 atom stereocenters. The van der Waals surface area contributed by atoms with E-state index in [1.54, 1.807) is 4.52 Å². The van der Waals surface area contributed by atoms with E-state index in [0.717, 1.165) is 35.6 Å². The van der Waals surface area contributed by atoms with Gasteiger partial charge in [0.2, 0.25) is 5.95 Å². The zero-order valence-electron chi connectivity index (χ0n) is 10.3. The number of nitrogens with zero attached hydrogens (tertiary/aromatic N) is 4. The maximum Gasteiger partial charge on any atom is 0.245 e. The Morgan fingerprint density at radius 1 is 1.50 bits per heavy atom. The number of halogens is 1. The van der Waals surface area contributed by atoms with E-state index in [1.807, 2.05) is 18.3 Å². The third-order valence-electron chi connectivity index (χ3n) is 3.60. The Labute approximate surface area is 114 Å². The van der Waals surface area contributed by atoms with Gasteiger partial charge in [-0.05, 0) is 40.4 Å². The first-order valence-electron chi connectivity index (χ1n) is 6.16. The Bertz CT molecular complexity index is 567. The van der Waals surface area contributed by atoms with Crippen LogP contribution in [0.15, 0.2) is 22.8 Å². The molecule has 1 saturated heterocycles. The van der Waals surface area contributed by atoms with Gasteiger partial charge in [-0.1, -0.05) is 6.92 Å². The van der Waals surface area contributed by atoms with E-state index < -0.39 is 0 Å². The lowest BCUT2D eigenvalue weighted by atomic mass is 9.95. The summed E-state index contributed by atoms with van der Waals surface area (Å²) in [5.74, 6) is 1.34. The lowest BCUT2D eigenvalue weighted by molar-refractivity contribution is 0.376. The molecule has 6 heteroatoms. The molecule has 2 aromatic rings. The largest absolute Gasteiger partial charge is 0.338 e. The minimum absolute atomic E-state index is 0.203. The Morgan fingerprint density at radius 3 is 3.06 bits per heavy atom. The number of hydrogen-bond acceptors (Lipinski definition) is 4. The molecule has 2 aromatic heterocycles. The van der Waals surface area contributed by atoms with E-state index in [2.05, 4.69) is 37.8 Å². The second-order valence-electron chi connectivity index (χ2n) is 4.91. The highest BCUT2D eigenvalue weighted by atomic mass is 79.9. The van der Waals surface area contributed by atoms with Crippen molar-refractivity contribution < 1.29 is 0 Å². The van der Waals surface area contributed by atoms with Crippen LogP contribution in [0.5, 0.6) is 0 Å².